The van der Waals surface area contributed by atoms with Gasteiger partial charge in [-0.2, -0.15) is 4.98 Å². The normalized spacial score (nSPS) is 24.6. The highest BCUT2D eigenvalue weighted by Gasteiger charge is 2.26. The molecule has 2 atom stereocenters. The molecule has 1 aliphatic rings. The Balaban J connectivity index is 1.95. The van der Waals surface area contributed by atoms with Crippen LogP contribution in [-0.4, -0.2) is 23.2 Å². The topological polar surface area (TPSA) is 51.0 Å². The van der Waals surface area contributed by atoms with Crippen LogP contribution >= 0.6 is 0 Å². The lowest BCUT2D eigenvalue weighted by molar-refractivity contribution is 0.248. The summed E-state index contributed by atoms with van der Waals surface area (Å²) in [4.78, 5) is 4.55. The van der Waals surface area contributed by atoms with E-state index in [-0.39, 0.29) is 5.41 Å². The third-order valence-corrected chi connectivity index (χ3v) is 3.92. The molecule has 108 valence electrons. The van der Waals surface area contributed by atoms with Crippen LogP contribution in [0.15, 0.2) is 4.52 Å². The Bertz CT molecular complexity index is 394. The van der Waals surface area contributed by atoms with Gasteiger partial charge in [-0.1, -0.05) is 38.8 Å². The first-order valence-corrected chi connectivity index (χ1v) is 7.46. The molecule has 0 bridgehead atoms. The van der Waals surface area contributed by atoms with Gasteiger partial charge in [0.1, 0.15) is 0 Å². The number of nitrogens with zero attached hydrogens (tertiary/aromatic N) is 2. The highest BCUT2D eigenvalue weighted by molar-refractivity contribution is 4.93. The summed E-state index contributed by atoms with van der Waals surface area (Å²) in [6.45, 7) is 6.59. The van der Waals surface area contributed by atoms with Gasteiger partial charge in [-0.25, -0.2) is 0 Å². The van der Waals surface area contributed by atoms with E-state index in [1.54, 1.807) is 0 Å². The van der Waals surface area contributed by atoms with E-state index in [4.69, 9.17) is 4.52 Å². The maximum atomic E-state index is 5.42. The molecule has 1 fully saturated rings. The maximum absolute atomic E-state index is 5.42. The van der Waals surface area contributed by atoms with Crippen molar-refractivity contribution in [3.05, 3.63) is 11.7 Å². The minimum absolute atomic E-state index is 0.208. The van der Waals surface area contributed by atoms with Crippen molar-refractivity contribution in [1.82, 2.24) is 15.5 Å². The zero-order chi connectivity index (χ0) is 13.9. The molecule has 4 heteroatoms. The van der Waals surface area contributed by atoms with E-state index in [1.165, 1.54) is 25.7 Å². The van der Waals surface area contributed by atoms with Crippen LogP contribution in [-0.2, 0) is 12.8 Å². The van der Waals surface area contributed by atoms with E-state index in [0.717, 1.165) is 24.6 Å². The average molecular weight is 265 g/mol. The molecule has 0 aromatic carbocycles. The van der Waals surface area contributed by atoms with E-state index in [2.05, 4.69) is 43.3 Å². The Labute approximate surface area is 116 Å². The first-order valence-electron chi connectivity index (χ1n) is 7.46. The molecular weight excluding hydrogens is 238 g/mol. The van der Waals surface area contributed by atoms with Crippen molar-refractivity contribution >= 4 is 0 Å². The van der Waals surface area contributed by atoms with Gasteiger partial charge >= 0.3 is 0 Å². The lowest BCUT2D eigenvalue weighted by Gasteiger charge is -2.30. The average Bonchev–Trinajstić information content (AvgIpc) is 2.75. The predicted octanol–water partition coefficient (Wildman–Crippen LogP) is 2.98. The largest absolute Gasteiger partial charge is 0.339 e. The SMILES string of the molecule is CNC1CCCCC1Cc1nc(CC(C)(C)C)no1. The van der Waals surface area contributed by atoms with E-state index in [0.29, 0.717) is 12.0 Å². The summed E-state index contributed by atoms with van der Waals surface area (Å²) in [5, 5.41) is 7.54. The molecule has 0 aliphatic heterocycles. The molecule has 0 radical (unpaired) electrons. The van der Waals surface area contributed by atoms with Gasteiger partial charge in [0.15, 0.2) is 5.82 Å². The highest BCUT2D eigenvalue weighted by Crippen LogP contribution is 2.27. The first kappa shape index (κ1) is 14.5. The second kappa shape index (κ2) is 6.04. The Hall–Kier alpha value is -0.900. The smallest absolute Gasteiger partial charge is 0.226 e. The summed E-state index contributed by atoms with van der Waals surface area (Å²) >= 11 is 0. The third-order valence-electron chi connectivity index (χ3n) is 3.92. The Morgan fingerprint density at radius 3 is 2.68 bits per heavy atom. The quantitative estimate of drug-likeness (QED) is 0.909. The van der Waals surface area contributed by atoms with Crippen molar-refractivity contribution < 1.29 is 4.52 Å². The molecule has 0 spiro atoms. The molecule has 1 saturated carbocycles. The Morgan fingerprint density at radius 1 is 1.26 bits per heavy atom. The van der Waals surface area contributed by atoms with Crippen LogP contribution in [0.25, 0.3) is 0 Å². The minimum atomic E-state index is 0.208. The lowest BCUT2D eigenvalue weighted by atomic mass is 9.82. The van der Waals surface area contributed by atoms with Gasteiger partial charge in [0, 0.05) is 18.9 Å². The molecule has 4 nitrogen and oxygen atoms in total. The summed E-state index contributed by atoms with van der Waals surface area (Å²) < 4.78 is 5.42. The van der Waals surface area contributed by atoms with Gasteiger partial charge < -0.3 is 9.84 Å². The van der Waals surface area contributed by atoms with Gasteiger partial charge in [0.25, 0.3) is 0 Å². The van der Waals surface area contributed by atoms with Gasteiger partial charge in [0.2, 0.25) is 5.89 Å². The van der Waals surface area contributed by atoms with Crippen LogP contribution in [0.1, 0.15) is 58.2 Å². The molecule has 1 heterocycles. The number of aromatic nitrogens is 2. The van der Waals surface area contributed by atoms with Crippen LogP contribution in [0.5, 0.6) is 0 Å². The van der Waals surface area contributed by atoms with Gasteiger partial charge in [0.05, 0.1) is 0 Å². The summed E-state index contributed by atoms with van der Waals surface area (Å²) in [6.07, 6.45) is 6.98. The fourth-order valence-corrected chi connectivity index (χ4v) is 2.98. The first-order chi connectivity index (χ1) is 8.98. The fourth-order valence-electron chi connectivity index (χ4n) is 2.98. The monoisotopic (exact) mass is 265 g/mol. The van der Waals surface area contributed by atoms with Crippen LogP contribution in [0.4, 0.5) is 0 Å². The summed E-state index contributed by atoms with van der Waals surface area (Å²) in [5.74, 6) is 2.30. The van der Waals surface area contributed by atoms with Crippen molar-refractivity contribution in [1.29, 1.82) is 0 Å². The van der Waals surface area contributed by atoms with Gasteiger partial charge in [-0.3, -0.25) is 0 Å². The number of hydrogen-bond acceptors (Lipinski definition) is 4. The molecule has 0 amide bonds. The van der Waals surface area contributed by atoms with E-state index >= 15 is 0 Å². The molecular formula is C15H27N3O. The standard InChI is InChI=1S/C15H27N3O/c1-15(2,3)10-13-17-14(19-18-13)9-11-7-5-6-8-12(11)16-4/h11-12,16H,5-10H2,1-4H3. The van der Waals surface area contributed by atoms with Crippen molar-refractivity contribution in [3.8, 4) is 0 Å². The number of nitrogens with one attached hydrogen (secondary N) is 1. The molecule has 0 saturated heterocycles. The van der Waals surface area contributed by atoms with Crippen LogP contribution in [0.2, 0.25) is 0 Å². The fraction of sp³-hybridized carbons (Fsp3) is 0.867. The number of hydrogen-bond donors (Lipinski definition) is 1. The Morgan fingerprint density at radius 2 is 2.00 bits per heavy atom. The van der Waals surface area contributed by atoms with E-state index in [1.807, 2.05) is 0 Å². The molecule has 1 aromatic heterocycles. The minimum Gasteiger partial charge on any atom is -0.339 e. The second-order valence-corrected chi connectivity index (χ2v) is 6.99. The predicted molar refractivity (Wildman–Crippen MR) is 76.0 cm³/mol. The summed E-state index contributed by atoms with van der Waals surface area (Å²) in [5.41, 5.74) is 0.208. The molecule has 1 aromatic rings. The highest BCUT2D eigenvalue weighted by atomic mass is 16.5. The van der Waals surface area contributed by atoms with Crippen LogP contribution < -0.4 is 5.32 Å². The van der Waals surface area contributed by atoms with E-state index in [9.17, 15) is 0 Å². The van der Waals surface area contributed by atoms with Crippen molar-refractivity contribution in [3.63, 3.8) is 0 Å². The van der Waals surface area contributed by atoms with Crippen molar-refractivity contribution in [2.75, 3.05) is 7.05 Å². The lowest BCUT2D eigenvalue weighted by Crippen LogP contribution is -2.37. The maximum Gasteiger partial charge on any atom is 0.226 e. The van der Waals surface area contributed by atoms with Crippen LogP contribution in [0, 0.1) is 11.3 Å². The second-order valence-electron chi connectivity index (χ2n) is 6.99. The summed E-state index contributed by atoms with van der Waals surface area (Å²) in [7, 11) is 2.06. The summed E-state index contributed by atoms with van der Waals surface area (Å²) in [6, 6.07) is 0.603. The number of rotatable bonds is 4. The molecule has 19 heavy (non-hydrogen) atoms. The van der Waals surface area contributed by atoms with Gasteiger partial charge in [-0.15, -0.1) is 0 Å². The zero-order valence-electron chi connectivity index (χ0n) is 12.7. The Kier molecular flexibility index (Phi) is 4.61. The van der Waals surface area contributed by atoms with Crippen molar-refractivity contribution in [2.45, 2.75) is 65.3 Å². The van der Waals surface area contributed by atoms with Gasteiger partial charge in [-0.05, 0) is 31.2 Å². The van der Waals surface area contributed by atoms with Crippen LogP contribution in [0.3, 0.4) is 0 Å². The van der Waals surface area contributed by atoms with E-state index < -0.39 is 0 Å². The zero-order valence-corrected chi connectivity index (χ0v) is 12.7. The van der Waals surface area contributed by atoms with Crippen molar-refractivity contribution in [2.24, 2.45) is 11.3 Å². The molecule has 1 N–H and O–H groups in total. The molecule has 2 rings (SSSR count). The molecule has 2 unspecified atom stereocenters. The third kappa shape index (κ3) is 4.30. The molecule has 1 aliphatic carbocycles.